The van der Waals surface area contributed by atoms with Crippen LogP contribution in [0.25, 0.3) is 0 Å². The van der Waals surface area contributed by atoms with Crippen LogP contribution in [0.1, 0.15) is 92.9 Å². The first kappa shape index (κ1) is 25.5. The molecule has 0 rings (SSSR count). The summed E-state index contributed by atoms with van der Waals surface area (Å²) in [7, 11) is 0. The molecule has 0 saturated carbocycles. The third-order valence-electron chi connectivity index (χ3n) is 4.78. The van der Waals surface area contributed by atoms with Gasteiger partial charge in [0, 0.05) is 18.8 Å². The van der Waals surface area contributed by atoms with Crippen LogP contribution in [0.15, 0.2) is 0 Å². The summed E-state index contributed by atoms with van der Waals surface area (Å²) < 4.78 is 11.7. The Morgan fingerprint density at radius 2 is 1.50 bits per heavy atom. The van der Waals surface area contributed by atoms with E-state index in [4.69, 9.17) is 15.4 Å². The molecular weight excluding hydrogens is 330 g/mol. The van der Waals surface area contributed by atoms with E-state index in [9.17, 15) is 4.79 Å². The van der Waals surface area contributed by atoms with Crippen molar-refractivity contribution < 1.29 is 19.1 Å². The van der Waals surface area contributed by atoms with Gasteiger partial charge in [-0.05, 0) is 34.1 Å². The van der Waals surface area contributed by atoms with E-state index in [-0.39, 0.29) is 11.5 Å². The molecule has 0 fully saturated rings. The standard InChI is InChI=1S/C21H43NO4/c1-7-8-9-10-11-12-18(2)19(23)17-21(5,6)25-16-15-24-20(3,4)13-14-26-22/h18H,7-17,22H2,1-6H3. The van der Waals surface area contributed by atoms with Gasteiger partial charge in [-0.25, -0.2) is 5.90 Å². The highest BCUT2D eigenvalue weighted by Gasteiger charge is 2.26. The van der Waals surface area contributed by atoms with Gasteiger partial charge < -0.3 is 14.3 Å². The van der Waals surface area contributed by atoms with Crippen LogP contribution in [0.2, 0.25) is 0 Å². The summed E-state index contributed by atoms with van der Waals surface area (Å²) in [6, 6.07) is 0. The monoisotopic (exact) mass is 373 g/mol. The molecule has 26 heavy (non-hydrogen) atoms. The Hall–Kier alpha value is -0.490. The Morgan fingerprint density at radius 1 is 0.923 bits per heavy atom. The van der Waals surface area contributed by atoms with Gasteiger partial charge in [0.2, 0.25) is 0 Å². The number of rotatable bonds is 17. The molecule has 0 aromatic rings. The second kappa shape index (κ2) is 13.6. The molecule has 0 aliphatic carbocycles. The molecule has 0 spiro atoms. The number of nitrogens with two attached hydrogens (primary N) is 1. The predicted octanol–water partition coefficient (Wildman–Crippen LogP) is 4.81. The van der Waals surface area contributed by atoms with E-state index in [1.165, 1.54) is 25.7 Å². The maximum absolute atomic E-state index is 12.5. The average molecular weight is 374 g/mol. The first-order chi connectivity index (χ1) is 12.1. The Labute approximate surface area is 161 Å². The number of carbonyl (C=O) groups excluding carboxylic acids is 1. The molecule has 0 aromatic heterocycles. The molecule has 156 valence electrons. The van der Waals surface area contributed by atoms with Crippen LogP contribution < -0.4 is 5.90 Å². The molecule has 0 aromatic carbocycles. The molecule has 0 amide bonds. The molecule has 0 heterocycles. The molecule has 0 saturated heterocycles. The first-order valence-electron chi connectivity index (χ1n) is 10.3. The zero-order valence-electron chi connectivity index (χ0n) is 18.1. The molecule has 1 unspecified atom stereocenters. The zero-order chi connectivity index (χ0) is 20.1. The fourth-order valence-corrected chi connectivity index (χ4v) is 2.87. The summed E-state index contributed by atoms with van der Waals surface area (Å²) >= 11 is 0. The lowest BCUT2D eigenvalue weighted by molar-refractivity contribution is -0.132. The Morgan fingerprint density at radius 3 is 2.08 bits per heavy atom. The van der Waals surface area contributed by atoms with Crippen molar-refractivity contribution in [2.24, 2.45) is 11.8 Å². The van der Waals surface area contributed by atoms with Crippen molar-refractivity contribution >= 4 is 5.78 Å². The summed E-state index contributed by atoms with van der Waals surface area (Å²) in [6.45, 7) is 13.6. The largest absolute Gasteiger partial charge is 0.373 e. The predicted molar refractivity (Wildman–Crippen MR) is 107 cm³/mol. The lowest BCUT2D eigenvalue weighted by Gasteiger charge is -2.28. The number of hydrogen-bond donors (Lipinski definition) is 1. The van der Waals surface area contributed by atoms with Gasteiger partial charge in [0.05, 0.1) is 31.0 Å². The summed E-state index contributed by atoms with van der Waals surface area (Å²) in [5, 5.41) is 0. The van der Waals surface area contributed by atoms with Gasteiger partial charge >= 0.3 is 0 Å². The van der Waals surface area contributed by atoms with Crippen LogP contribution in [-0.2, 0) is 19.1 Å². The smallest absolute Gasteiger partial charge is 0.138 e. The van der Waals surface area contributed by atoms with Gasteiger partial charge in [0.1, 0.15) is 5.78 Å². The van der Waals surface area contributed by atoms with E-state index < -0.39 is 5.60 Å². The van der Waals surface area contributed by atoms with E-state index in [2.05, 4.69) is 11.8 Å². The minimum Gasteiger partial charge on any atom is -0.373 e. The molecule has 2 N–H and O–H groups in total. The molecule has 5 nitrogen and oxygen atoms in total. The van der Waals surface area contributed by atoms with Gasteiger partial charge in [-0.15, -0.1) is 0 Å². The lowest BCUT2D eigenvalue weighted by atomic mass is 9.91. The number of ether oxygens (including phenoxy) is 2. The maximum atomic E-state index is 12.5. The zero-order valence-corrected chi connectivity index (χ0v) is 18.1. The second-order valence-corrected chi connectivity index (χ2v) is 8.58. The lowest BCUT2D eigenvalue weighted by Crippen LogP contribution is -2.33. The number of carbonyl (C=O) groups is 1. The van der Waals surface area contributed by atoms with E-state index >= 15 is 0 Å². The van der Waals surface area contributed by atoms with Crippen molar-refractivity contribution in [1.82, 2.24) is 0 Å². The third kappa shape index (κ3) is 13.7. The van der Waals surface area contributed by atoms with E-state index in [1.54, 1.807) is 0 Å². The number of hydrogen-bond acceptors (Lipinski definition) is 5. The van der Waals surface area contributed by atoms with Crippen molar-refractivity contribution in [3.63, 3.8) is 0 Å². The average Bonchev–Trinajstić information content (AvgIpc) is 2.56. The van der Waals surface area contributed by atoms with Crippen LogP contribution in [-0.4, -0.2) is 36.8 Å². The van der Waals surface area contributed by atoms with E-state index in [1.807, 2.05) is 34.6 Å². The minimum atomic E-state index is -0.457. The molecule has 0 aliphatic heterocycles. The van der Waals surface area contributed by atoms with Crippen molar-refractivity contribution in [3.8, 4) is 0 Å². The van der Waals surface area contributed by atoms with Gasteiger partial charge in [-0.1, -0.05) is 46.0 Å². The normalized spacial score (nSPS) is 13.8. The number of unbranched alkanes of at least 4 members (excludes halogenated alkanes) is 4. The highest BCUT2D eigenvalue weighted by molar-refractivity contribution is 5.81. The molecule has 1 atom stereocenters. The summed E-state index contributed by atoms with van der Waals surface area (Å²) in [6.07, 6.45) is 8.36. The number of Topliss-reactive ketones (excluding diaryl/α,β-unsaturated/α-hetero) is 1. The minimum absolute atomic E-state index is 0.117. The fraction of sp³-hybridized carbons (Fsp3) is 0.952. The SMILES string of the molecule is CCCCCCCC(C)C(=O)CC(C)(C)OCCOC(C)(C)CCON. The maximum Gasteiger partial charge on any atom is 0.138 e. The van der Waals surface area contributed by atoms with E-state index in [0.717, 1.165) is 19.3 Å². The van der Waals surface area contributed by atoms with Crippen molar-refractivity contribution in [2.75, 3.05) is 19.8 Å². The van der Waals surface area contributed by atoms with Crippen LogP contribution >= 0.6 is 0 Å². The molecule has 0 aliphatic rings. The first-order valence-corrected chi connectivity index (χ1v) is 10.3. The van der Waals surface area contributed by atoms with Crippen molar-refractivity contribution in [1.29, 1.82) is 0 Å². The topological polar surface area (TPSA) is 70.8 Å². The number of ketones is 1. The van der Waals surface area contributed by atoms with Gasteiger partial charge in [-0.3, -0.25) is 4.79 Å². The molecule has 5 heteroatoms. The molecule has 0 radical (unpaired) electrons. The van der Waals surface area contributed by atoms with Crippen LogP contribution in [0.3, 0.4) is 0 Å². The molecular formula is C21H43NO4. The summed E-state index contributed by atoms with van der Waals surface area (Å²) in [5.74, 6) is 5.47. The fourth-order valence-electron chi connectivity index (χ4n) is 2.87. The highest BCUT2D eigenvalue weighted by Crippen LogP contribution is 2.21. The summed E-state index contributed by atoms with van der Waals surface area (Å²) in [4.78, 5) is 17.1. The highest BCUT2D eigenvalue weighted by atomic mass is 16.6. The van der Waals surface area contributed by atoms with Gasteiger partial charge in [0.25, 0.3) is 0 Å². The van der Waals surface area contributed by atoms with Crippen LogP contribution in [0, 0.1) is 5.92 Å². The van der Waals surface area contributed by atoms with Gasteiger partial charge in [-0.2, -0.15) is 0 Å². The Bertz CT molecular complexity index is 369. The summed E-state index contributed by atoms with van der Waals surface area (Å²) in [5.41, 5.74) is -0.754. The van der Waals surface area contributed by atoms with Crippen LogP contribution in [0.5, 0.6) is 0 Å². The molecule has 0 bridgehead atoms. The second-order valence-electron chi connectivity index (χ2n) is 8.58. The van der Waals surface area contributed by atoms with Crippen molar-refractivity contribution in [2.45, 2.75) is 104 Å². The van der Waals surface area contributed by atoms with Crippen LogP contribution in [0.4, 0.5) is 0 Å². The van der Waals surface area contributed by atoms with Gasteiger partial charge in [0.15, 0.2) is 0 Å². The Kier molecular flexibility index (Phi) is 13.4. The van der Waals surface area contributed by atoms with Crippen molar-refractivity contribution in [3.05, 3.63) is 0 Å². The quantitative estimate of drug-likeness (QED) is 0.292. The third-order valence-corrected chi connectivity index (χ3v) is 4.78. The Balaban J connectivity index is 4.02. The van der Waals surface area contributed by atoms with E-state index in [0.29, 0.717) is 32.0 Å².